The first-order valence-electron chi connectivity index (χ1n) is 3.79. The van der Waals surface area contributed by atoms with Gasteiger partial charge in [0.1, 0.15) is 0 Å². The SMILES string of the molecule is C=CCC1[C]=CNC(=O)C1[N+](=O)[O-]. The lowest BCUT2D eigenvalue weighted by Crippen LogP contribution is -2.45. The summed E-state index contributed by atoms with van der Waals surface area (Å²) >= 11 is 0. The Bertz CT molecular complexity index is 273. The molecule has 2 unspecified atom stereocenters. The van der Waals surface area contributed by atoms with Gasteiger partial charge in [-0.2, -0.15) is 0 Å². The van der Waals surface area contributed by atoms with Gasteiger partial charge in [0.15, 0.2) is 0 Å². The zero-order valence-corrected chi connectivity index (χ0v) is 6.90. The van der Waals surface area contributed by atoms with Crippen LogP contribution in [0.5, 0.6) is 0 Å². The zero-order valence-electron chi connectivity index (χ0n) is 6.90. The van der Waals surface area contributed by atoms with E-state index >= 15 is 0 Å². The normalized spacial score (nSPS) is 26.6. The van der Waals surface area contributed by atoms with Gasteiger partial charge in [-0.05, 0) is 12.5 Å². The molecule has 69 valence electrons. The van der Waals surface area contributed by atoms with Crippen molar-refractivity contribution in [2.45, 2.75) is 12.5 Å². The van der Waals surface area contributed by atoms with Crippen LogP contribution >= 0.6 is 0 Å². The van der Waals surface area contributed by atoms with Gasteiger partial charge in [-0.3, -0.25) is 14.9 Å². The number of nitrogens with one attached hydrogen (secondary N) is 1. The lowest BCUT2D eigenvalue weighted by atomic mass is 9.94. The molecule has 1 N–H and O–H groups in total. The highest BCUT2D eigenvalue weighted by molar-refractivity contribution is 5.82. The predicted octanol–water partition coefficient (Wildman–Crippen LogP) is 0.271. The van der Waals surface area contributed by atoms with Crippen molar-refractivity contribution in [1.29, 1.82) is 0 Å². The van der Waals surface area contributed by atoms with Crippen LogP contribution in [-0.4, -0.2) is 16.9 Å². The first-order chi connectivity index (χ1) is 6.16. The van der Waals surface area contributed by atoms with E-state index in [0.29, 0.717) is 6.42 Å². The van der Waals surface area contributed by atoms with E-state index in [1.807, 2.05) is 0 Å². The number of amides is 1. The molecule has 0 aromatic carbocycles. The quantitative estimate of drug-likeness (QED) is 0.386. The van der Waals surface area contributed by atoms with Crippen molar-refractivity contribution in [3.05, 3.63) is 35.0 Å². The number of nitrogens with zero attached hydrogens (tertiary/aromatic N) is 1. The Labute approximate surface area is 75.3 Å². The van der Waals surface area contributed by atoms with Gasteiger partial charge in [0.25, 0.3) is 11.9 Å². The first kappa shape index (κ1) is 9.44. The Hall–Kier alpha value is -1.65. The number of carbonyl (C=O) groups is 1. The standard InChI is InChI=1S/C8H9N2O3/c1-2-3-6-4-5-9-8(11)7(6)10(12)13/h2,5-7H,1,3H2,(H,9,11). The summed E-state index contributed by atoms with van der Waals surface area (Å²) in [6, 6.07) is -1.23. The van der Waals surface area contributed by atoms with Crippen LogP contribution in [0.3, 0.4) is 0 Å². The van der Waals surface area contributed by atoms with Crippen molar-refractivity contribution in [1.82, 2.24) is 5.32 Å². The summed E-state index contributed by atoms with van der Waals surface area (Å²) < 4.78 is 0. The Morgan fingerprint density at radius 2 is 2.54 bits per heavy atom. The minimum absolute atomic E-state index is 0.384. The lowest BCUT2D eigenvalue weighted by molar-refractivity contribution is -0.515. The first-order valence-corrected chi connectivity index (χ1v) is 3.79. The van der Waals surface area contributed by atoms with Gasteiger partial charge in [-0.25, -0.2) is 0 Å². The second kappa shape index (κ2) is 3.84. The highest BCUT2D eigenvalue weighted by atomic mass is 16.6. The molecule has 1 heterocycles. The summed E-state index contributed by atoms with van der Waals surface area (Å²) in [5.41, 5.74) is 0. The monoisotopic (exact) mass is 181 g/mol. The van der Waals surface area contributed by atoms with Gasteiger partial charge in [0.05, 0.1) is 5.92 Å². The highest BCUT2D eigenvalue weighted by Crippen LogP contribution is 2.16. The molecule has 0 aliphatic carbocycles. The number of rotatable bonds is 3. The van der Waals surface area contributed by atoms with E-state index in [0.717, 1.165) is 0 Å². The topological polar surface area (TPSA) is 72.2 Å². The number of nitro groups is 1. The van der Waals surface area contributed by atoms with Crippen molar-refractivity contribution < 1.29 is 9.72 Å². The van der Waals surface area contributed by atoms with E-state index in [1.54, 1.807) is 6.08 Å². The van der Waals surface area contributed by atoms with Crippen LogP contribution in [0.2, 0.25) is 0 Å². The van der Waals surface area contributed by atoms with Crippen LogP contribution in [0, 0.1) is 22.1 Å². The third kappa shape index (κ3) is 1.93. The molecule has 0 spiro atoms. The maximum Gasteiger partial charge on any atom is 0.299 e. The molecule has 1 amide bonds. The molecule has 1 aliphatic heterocycles. The van der Waals surface area contributed by atoms with E-state index in [9.17, 15) is 14.9 Å². The molecular formula is C8H9N2O3. The van der Waals surface area contributed by atoms with Crippen molar-refractivity contribution in [3.63, 3.8) is 0 Å². The molecule has 0 saturated carbocycles. The summed E-state index contributed by atoms with van der Waals surface area (Å²) in [7, 11) is 0. The Morgan fingerprint density at radius 1 is 1.85 bits per heavy atom. The molecule has 5 heteroatoms. The number of carbonyl (C=O) groups excluding carboxylic acids is 1. The molecule has 0 bridgehead atoms. The Kier molecular flexibility index (Phi) is 2.79. The highest BCUT2D eigenvalue weighted by Gasteiger charge is 2.38. The molecular weight excluding hydrogens is 172 g/mol. The van der Waals surface area contributed by atoms with E-state index in [4.69, 9.17) is 0 Å². The van der Waals surface area contributed by atoms with Crippen LogP contribution in [0.15, 0.2) is 18.9 Å². The Morgan fingerprint density at radius 3 is 3.08 bits per heavy atom. The molecule has 1 aliphatic rings. The fraction of sp³-hybridized carbons (Fsp3) is 0.375. The predicted molar refractivity (Wildman–Crippen MR) is 45.0 cm³/mol. The second-order valence-corrected chi connectivity index (χ2v) is 2.68. The smallest absolute Gasteiger partial charge is 0.299 e. The summed E-state index contributed by atoms with van der Waals surface area (Å²) in [6.45, 7) is 3.47. The molecule has 1 radical (unpaired) electrons. The molecule has 0 aromatic heterocycles. The van der Waals surface area contributed by atoms with Gasteiger partial charge >= 0.3 is 0 Å². The fourth-order valence-corrected chi connectivity index (χ4v) is 1.20. The fourth-order valence-electron chi connectivity index (χ4n) is 1.20. The zero-order chi connectivity index (χ0) is 9.84. The van der Waals surface area contributed by atoms with Gasteiger partial charge in [-0.1, -0.05) is 6.08 Å². The van der Waals surface area contributed by atoms with E-state index in [2.05, 4.69) is 18.0 Å². The van der Waals surface area contributed by atoms with Gasteiger partial charge in [0.2, 0.25) is 0 Å². The van der Waals surface area contributed by atoms with Crippen LogP contribution in [0.25, 0.3) is 0 Å². The number of allylic oxidation sites excluding steroid dienone is 1. The second-order valence-electron chi connectivity index (χ2n) is 2.68. The third-order valence-corrected chi connectivity index (χ3v) is 1.81. The molecule has 1 rings (SSSR count). The van der Waals surface area contributed by atoms with Crippen LogP contribution in [0.1, 0.15) is 6.42 Å². The average molecular weight is 181 g/mol. The molecule has 13 heavy (non-hydrogen) atoms. The third-order valence-electron chi connectivity index (χ3n) is 1.81. The van der Waals surface area contributed by atoms with E-state index in [-0.39, 0.29) is 0 Å². The summed E-state index contributed by atoms with van der Waals surface area (Å²) in [5, 5.41) is 12.8. The van der Waals surface area contributed by atoms with Crippen molar-refractivity contribution in [2.75, 3.05) is 0 Å². The maximum absolute atomic E-state index is 11.1. The van der Waals surface area contributed by atoms with Crippen molar-refractivity contribution in [2.24, 2.45) is 5.92 Å². The maximum atomic E-state index is 11.1. The Balaban J connectivity index is 2.84. The van der Waals surface area contributed by atoms with Gasteiger partial charge < -0.3 is 5.32 Å². The molecule has 2 atom stereocenters. The molecule has 0 saturated heterocycles. The van der Waals surface area contributed by atoms with Gasteiger partial charge in [0, 0.05) is 11.1 Å². The van der Waals surface area contributed by atoms with Gasteiger partial charge in [-0.15, -0.1) is 6.58 Å². The largest absolute Gasteiger partial charge is 0.326 e. The van der Waals surface area contributed by atoms with E-state index in [1.165, 1.54) is 6.20 Å². The molecule has 5 nitrogen and oxygen atoms in total. The van der Waals surface area contributed by atoms with Crippen LogP contribution in [0.4, 0.5) is 0 Å². The minimum Gasteiger partial charge on any atom is -0.326 e. The number of hydrogen-bond acceptors (Lipinski definition) is 3. The summed E-state index contributed by atoms with van der Waals surface area (Å²) in [5.74, 6) is -1.09. The van der Waals surface area contributed by atoms with Crippen LogP contribution < -0.4 is 5.32 Å². The average Bonchev–Trinajstić information content (AvgIpc) is 2.04. The van der Waals surface area contributed by atoms with Crippen molar-refractivity contribution >= 4 is 5.91 Å². The minimum atomic E-state index is -1.23. The summed E-state index contributed by atoms with van der Waals surface area (Å²) in [4.78, 5) is 21.0. The molecule has 0 aromatic rings. The van der Waals surface area contributed by atoms with Crippen molar-refractivity contribution in [3.8, 4) is 0 Å². The lowest BCUT2D eigenvalue weighted by Gasteiger charge is -2.18. The van der Waals surface area contributed by atoms with Crippen LogP contribution in [-0.2, 0) is 4.79 Å². The van der Waals surface area contributed by atoms with E-state index < -0.39 is 22.8 Å². The summed E-state index contributed by atoms with van der Waals surface area (Å²) in [6.07, 6.45) is 5.95. The molecule has 0 fully saturated rings. The number of hydrogen-bond donors (Lipinski definition) is 1.